The summed E-state index contributed by atoms with van der Waals surface area (Å²) in [6, 6.07) is 0. The third-order valence-electron chi connectivity index (χ3n) is 17.3. The average Bonchev–Trinajstić information content (AvgIpc) is 1.75. The molecule has 3 unspecified atom stereocenters. The summed E-state index contributed by atoms with van der Waals surface area (Å²) in [5.41, 5.74) is 0. The van der Waals surface area contributed by atoms with Crippen LogP contribution in [0.15, 0.2) is 0 Å². The Balaban J connectivity index is 5.25. The van der Waals surface area contributed by atoms with Crippen molar-refractivity contribution in [2.75, 3.05) is 39.6 Å². The molecule has 0 spiro atoms. The molecule has 0 fully saturated rings. The molecule has 0 aliphatic rings. The number of rotatable bonds is 72. The van der Waals surface area contributed by atoms with Gasteiger partial charge in [0.25, 0.3) is 0 Å². The number of aliphatic hydroxyl groups excluding tert-OH is 1. The quantitative estimate of drug-likeness (QED) is 0.0222. The Hall–Kier alpha value is -1.94. The van der Waals surface area contributed by atoms with E-state index < -0.39 is 97.5 Å². The maximum Gasteiger partial charge on any atom is 0.472 e. The molecule has 0 aliphatic carbocycles. The molecule has 17 nitrogen and oxygen atoms in total. The second kappa shape index (κ2) is 65.0. The number of unbranched alkanes of at least 4 members (excludes halogenated alkanes) is 41. The fourth-order valence-electron chi connectivity index (χ4n) is 11.1. The predicted octanol–water partition coefficient (Wildman–Crippen LogP) is 21.2. The Kier molecular flexibility index (Phi) is 63.7. The lowest BCUT2D eigenvalue weighted by molar-refractivity contribution is -0.161. The zero-order valence-electron chi connectivity index (χ0n) is 59.9. The van der Waals surface area contributed by atoms with Crippen LogP contribution >= 0.6 is 15.6 Å². The molecule has 0 heterocycles. The number of hydrogen-bond donors (Lipinski definition) is 3. The summed E-state index contributed by atoms with van der Waals surface area (Å²) in [5, 5.41) is 10.6. The summed E-state index contributed by atoms with van der Waals surface area (Å²) in [7, 11) is -9.90. The second-order valence-electron chi connectivity index (χ2n) is 27.1. The van der Waals surface area contributed by atoms with Crippen molar-refractivity contribution in [2.45, 2.75) is 394 Å². The molecule has 546 valence electrons. The maximum absolute atomic E-state index is 13.1. The molecule has 0 radical (unpaired) electrons. The molecule has 0 saturated carbocycles. The van der Waals surface area contributed by atoms with Gasteiger partial charge in [0, 0.05) is 25.7 Å². The van der Waals surface area contributed by atoms with Crippen molar-refractivity contribution in [3.8, 4) is 0 Å². The van der Waals surface area contributed by atoms with Crippen LogP contribution in [0.25, 0.3) is 0 Å². The van der Waals surface area contributed by atoms with Crippen molar-refractivity contribution in [1.82, 2.24) is 0 Å². The van der Waals surface area contributed by atoms with Crippen LogP contribution in [-0.2, 0) is 65.4 Å². The lowest BCUT2D eigenvalue weighted by atomic mass is 9.99. The van der Waals surface area contributed by atoms with Crippen molar-refractivity contribution in [3.05, 3.63) is 0 Å². The fraction of sp³-hybridized carbons (Fsp3) is 0.945. The van der Waals surface area contributed by atoms with Crippen molar-refractivity contribution < 1.29 is 80.2 Å². The first-order valence-corrected chi connectivity index (χ1v) is 41.0. The van der Waals surface area contributed by atoms with E-state index in [0.717, 1.165) is 102 Å². The van der Waals surface area contributed by atoms with Gasteiger partial charge in [0.15, 0.2) is 12.2 Å². The minimum atomic E-state index is -4.95. The van der Waals surface area contributed by atoms with Gasteiger partial charge in [0.1, 0.15) is 19.3 Å². The Labute approximate surface area is 562 Å². The Morgan fingerprint density at radius 2 is 0.554 bits per heavy atom. The molecule has 0 bridgehead atoms. The smallest absolute Gasteiger partial charge is 0.462 e. The standard InChI is InChI=1S/C73H142O17P2/c1-7-10-12-14-16-18-20-21-22-23-24-25-26-32-39-45-51-57-72(77)89-68(61-84-71(76)56-50-44-38-31-28-27-29-35-41-47-53-65(4)5)63-87-91(79,80)85-59-67(74)60-86-92(81,82)88-64-69(62-83-70(75)55-49-43-37-30-19-17-15-13-11-8-2)90-73(78)58-52-46-40-34-33-36-42-48-54-66(6)9-3/h65-69,74H,7-64H2,1-6H3,(H,79,80)(H,81,82)/t66?,67-,68-,69-/m1/s1. The number of esters is 4. The Bertz CT molecular complexity index is 1790. The van der Waals surface area contributed by atoms with Gasteiger partial charge in [-0.2, -0.15) is 0 Å². The fourth-order valence-corrected chi connectivity index (χ4v) is 12.7. The first-order chi connectivity index (χ1) is 44.4. The highest BCUT2D eigenvalue weighted by molar-refractivity contribution is 7.47. The van der Waals surface area contributed by atoms with Crippen LogP contribution in [0.5, 0.6) is 0 Å². The monoisotopic (exact) mass is 1350 g/mol. The van der Waals surface area contributed by atoms with Crippen LogP contribution in [-0.4, -0.2) is 96.7 Å². The lowest BCUT2D eigenvalue weighted by Gasteiger charge is -2.21. The van der Waals surface area contributed by atoms with E-state index in [1.807, 2.05) is 0 Å². The van der Waals surface area contributed by atoms with Gasteiger partial charge < -0.3 is 33.8 Å². The molecule has 0 aromatic carbocycles. The van der Waals surface area contributed by atoms with Crippen molar-refractivity contribution in [2.24, 2.45) is 11.8 Å². The minimum Gasteiger partial charge on any atom is -0.462 e. The Morgan fingerprint density at radius 3 is 0.826 bits per heavy atom. The largest absolute Gasteiger partial charge is 0.472 e. The summed E-state index contributed by atoms with van der Waals surface area (Å²) in [6.45, 7) is 9.56. The van der Waals surface area contributed by atoms with E-state index >= 15 is 0 Å². The van der Waals surface area contributed by atoms with Crippen LogP contribution in [0.2, 0.25) is 0 Å². The number of phosphoric acid groups is 2. The Morgan fingerprint density at radius 1 is 0.315 bits per heavy atom. The van der Waals surface area contributed by atoms with E-state index in [1.165, 1.54) is 193 Å². The summed E-state index contributed by atoms with van der Waals surface area (Å²) in [4.78, 5) is 72.7. The van der Waals surface area contributed by atoms with Gasteiger partial charge in [-0.3, -0.25) is 37.3 Å². The summed E-state index contributed by atoms with van der Waals surface area (Å²) < 4.78 is 68.4. The number of carbonyl (C=O) groups is 4. The molecule has 0 rings (SSSR count). The molecule has 0 aromatic rings. The van der Waals surface area contributed by atoms with Crippen molar-refractivity contribution in [1.29, 1.82) is 0 Å². The van der Waals surface area contributed by atoms with Crippen LogP contribution in [0.1, 0.15) is 375 Å². The van der Waals surface area contributed by atoms with E-state index in [-0.39, 0.29) is 25.7 Å². The number of phosphoric ester groups is 2. The third kappa shape index (κ3) is 65.4. The molecule has 19 heteroatoms. The number of carbonyl (C=O) groups excluding carboxylic acids is 4. The van der Waals surface area contributed by atoms with Crippen molar-refractivity contribution >= 4 is 39.5 Å². The van der Waals surface area contributed by atoms with Gasteiger partial charge in [0.05, 0.1) is 26.4 Å². The number of aliphatic hydroxyl groups is 1. The topological polar surface area (TPSA) is 237 Å². The van der Waals surface area contributed by atoms with E-state index in [2.05, 4.69) is 41.5 Å². The molecule has 0 amide bonds. The van der Waals surface area contributed by atoms with Gasteiger partial charge in [-0.1, -0.05) is 324 Å². The van der Waals surface area contributed by atoms with Crippen LogP contribution in [0.4, 0.5) is 0 Å². The van der Waals surface area contributed by atoms with E-state index in [1.54, 1.807) is 0 Å². The molecule has 3 N–H and O–H groups in total. The maximum atomic E-state index is 13.1. The zero-order chi connectivity index (χ0) is 67.9. The van der Waals surface area contributed by atoms with Gasteiger partial charge in [0.2, 0.25) is 0 Å². The first kappa shape index (κ1) is 90.1. The number of hydrogen-bond acceptors (Lipinski definition) is 15. The van der Waals surface area contributed by atoms with Crippen molar-refractivity contribution in [3.63, 3.8) is 0 Å². The molecule has 92 heavy (non-hydrogen) atoms. The van der Waals surface area contributed by atoms with E-state index in [9.17, 15) is 43.2 Å². The van der Waals surface area contributed by atoms with Crippen LogP contribution < -0.4 is 0 Å². The minimum absolute atomic E-state index is 0.105. The first-order valence-electron chi connectivity index (χ1n) is 38.0. The third-order valence-corrected chi connectivity index (χ3v) is 19.2. The van der Waals surface area contributed by atoms with Gasteiger partial charge in [-0.15, -0.1) is 0 Å². The predicted molar refractivity (Wildman–Crippen MR) is 372 cm³/mol. The van der Waals surface area contributed by atoms with E-state index in [0.29, 0.717) is 25.7 Å². The summed E-state index contributed by atoms with van der Waals surface area (Å²) in [6.07, 6.45) is 51.2. The molecule has 0 aromatic heterocycles. The second-order valence-corrected chi connectivity index (χ2v) is 30.0. The normalized spacial score (nSPS) is 14.4. The summed E-state index contributed by atoms with van der Waals surface area (Å²) >= 11 is 0. The van der Waals surface area contributed by atoms with E-state index in [4.69, 9.17) is 37.0 Å². The molecular formula is C73H142O17P2. The average molecular weight is 1350 g/mol. The zero-order valence-corrected chi connectivity index (χ0v) is 61.6. The van der Waals surface area contributed by atoms with Crippen LogP contribution in [0.3, 0.4) is 0 Å². The lowest BCUT2D eigenvalue weighted by Crippen LogP contribution is -2.30. The van der Waals surface area contributed by atoms with Gasteiger partial charge in [-0.05, 0) is 37.5 Å². The van der Waals surface area contributed by atoms with Gasteiger partial charge in [-0.25, -0.2) is 9.13 Å². The van der Waals surface area contributed by atoms with Gasteiger partial charge >= 0.3 is 39.5 Å². The summed E-state index contributed by atoms with van der Waals surface area (Å²) in [5.74, 6) is -0.592. The van der Waals surface area contributed by atoms with Crippen LogP contribution in [0, 0.1) is 11.8 Å². The molecule has 0 saturated heterocycles. The number of ether oxygens (including phenoxy) is 4. The molecule has 6 atom stereocenters. The molecule has 0 aliphatic heterocycles. The highest BCUT2D eigenvalue weighted by Gasteiger charge is 2.30. The highest BCUT2D eigenvalue weighted by atomic mass is 31.2. The highest BCUT2D eigenvalue weighted by Crippen LogP contribution is 2.45. The SMILES string of the molecule is CCCCCCCCCCCCCCCCCCCC(=O)O[C@H](COC(=O)CCCCCCCCCCCCC(C)C)COP(=O)(O)OC[C@@H](O)COP(=O)(O)OC[C@@H](COC(=O)CCCCCCCCCCCC)OC(=O)CCCCCCCCCCC(C)CC. The molecular weight excluding hydrogens is 1210 g/mol.